The third-order valence-electron chi connectivity index (χ3n) is 8.40. The lowest BCUT2D eigenvalue weighted by molar-refractivity contribution is -0.141. The number of aromatic nitrogens is 2. The maximum atomic E-state index is 13.9. The molecule has 0 spiro atoms. The lowest BCUT2D eigenvalue weighted by Gasteiger charge is -2.35. The van der Waals surface area contributed by atoms with Gasteiger partial charge >= 0.3 is 12.2 Å². The number of nitrogens with one attached hydrogen (secondary N) is 2. The third kappa shape index (κ3) is 7.47. The van der Waals surface area contributed by atoms with Gasteiger partial charge in [-0.15, -0.1) is 0 Å². The molecule has 0 radical (unpaired) electrons. The quantitative estimate of drug-likeness (QED) is 0.240. The number of carbonyl (C=O) groups is 2. The van der Waals surface area contributed by atoms with E-state index < -0.39 is 35.4 Å². The summed E-state index contributed by atoms with van der Waals surface area (Å²) in [7, 11) is 0. The van der Waals surface area contributed by atoms with Crippen molar-refractivity contribution in [2.75, 3.05) is 54.4 Å². The van der Waals surface area contributed by atoms with Gasteiger partial charge in [-0.3, -0.25) is 4.79 Å². The molecule has 2 aliphatic heterocycles. The van der Waals surface area contributed by atoms with Gasteiger partial charge in [-0.2, -0.15) is 18.2 Å². The van der Waals surface area contributed by atoms with Crippen LogP contribution in [-0.2, 0) is 12.7 Å². The van der Waals surface area contributed by atoms with Crippen molar-refractivity contribution in [2.45, 2.75) is 31.5 Å². The Balaban J connectivity index is 1.02. The summed E-state index contributed by atoms with van der Waals surface area (Å²) in [5.74, 6) is -1.48. The highest BCUT2D eigenvalue weighted by Crippen LogP contribution is 2.36. The second kappa shape index (κ2) is 13.7. The van der Waals surface area contributed by atoms with Gasteiger partial charge in [0, 0.05) is 52.0 Å². The third-order valence-corrected chi connectivity index (χ3v) is 8.40. The minimum absolute atomic E-state index is 0.0775. The minimum atomic E-state index is -4.87. The molecule has 0 saturated carbocycles. The minimum Gasteiger partial charge on any atom is -0.417 e. The standard InChI is InChI=1S/C33H33F4N7O3/c34-25-8-4-5-9-26(25)40-31(46)43-18-16-42(17-19-43)27-11-10-22(20-38-27)21-39-30(45)28-29(33(35,36)37)41-32(47-28)44-14-12-24(13-15-44)23-6-2-1-3-7-23/h1-11,20,24H,12-19,21H2,(H,39,45)(H,40,46). The average molecular weight is 652 g/mol. The molecule has 10 nitrogen and oxygen atoms in total. The second-order valence-corrected chi connectivity index (χ2v) is 11.4. The number of urea groups is 1. The molecule has 2 fully saturated rings. The summed E-state index contributed by atoms with van der Waals surface area (Å²) in [5.41, 5.74) is 0.511. The fourth-order valence-electron chi connectivity index (χ4n) is 5.79. The number of piperidine rings is 1. The summed E-state index contributed by atoms with van der Waals surface area (Å²) >= 11 is 0. The number of hydrogen-bond acceptors (Lipinski definition) is 7. The molecule has 0 unspecified atom stereocenters. The summed E-state index contributed by atoms with van der Waals surface area (Å²) < 4.78 is 60.9. The summed E-state index contributed by atoms with van der Waals surface area (Å²) in [5, 5.41) is 5.07. The van der Waals surface area contributed by atoms with Gasteiger partial charge in [0.25, 0.3) is 11.9 Å². The number of piperazine rings is 1. The Morgan fingerprint density at radius 3 is 2.23 bits per heavy atom. The van der Waals surface area contributed by atoms with Crippen LogP contribution in [0.5, 0.6) is 0 Å². The maximum absolute atomic E-state index is 13.9. The van der Waals surface area contributed by atoms with Crippen LogP contribution in [0.1, 0.15) is 46.1 Å². The number of para-hydroxylation sites is 1. The lowest BCUT2D eigenvalue weighted by Crippen LogP contribution is -2.50. The van der Waals surface area contributed by atoms with E-state index in [1.165, 1.54) is 23.9 Å². The number of hydrogen-bond donors (Lipinski definition) is 2. The molecule has 246 valence electrons. The van der Waals surface area contributed by atoms with Crippen molar-refractivity contribution < 1.29 is 31.6 Å². The molecule has 2 aromatic heterocycles. The summed E-state index contributed by atoms with van der Waals surface area (Å²) in [6.45, 7) is 2.60. The normalized spacial score (nSPS) is 15.9. The molecule has 47 heavy (non-hydrogen) atoms. The van der Waals surface area contributed by atoms with Gasteiger partial charge in [0.15, 0.2) is 5.69 Å². The number of rotatable bonds is 7. The summed E-state index contributed by atoms with van der Waals surface area (Å²) in [6.07, 6.45) is -1.90. The van der Waals surface area contributed by atoms with Crippen LogP contribution in [0.2, 0.25) is 0 Å². The van der Waals surface area contributed by atoms with Gasteiger partial charge in [0.05, 0.1) is 5.69 Å². The largest absolute Gasteiger partial charge is 0.437 e. The Hall–Kier alpha value is -5.14. The number of pyridine rings is 1. The summed E-state index contributed by atoms with van der Waals surface area (Å²) in [6, 6.07) is 18.7. The molecule has 2 N–H and O–H groups in total. The number of nitrogens with zero attached hydrogens (tertiary/aromatic N) is 5. The highest BCUT2D eigenvalue weighted by Gasteiger charge is 2.42. The van der Waals surface area contributed by atoms with Crippen molar-refractivity contribution in [3.63, 3.8) is 0 Å². The molecule has 2 aromatic carbocycles. The molecular formula is C33H33F4N7O3. The van der Waals surface area contributed by atoms with Crippen molar-refractivity contribution in [1.82, 2.24) is 20.2 Å². The van der Waals surface area contributed by atoms with Crippen LogP contribution in [0, 0.1) is 5.82 Å². The van der Waals surface area contributed by atoms with Gasteiger partial charge in [-0.1, -0.05) is 48.5 Å². The zero-order valence-electron chi connectivity index (χ0n) is 25.3. The molecule has 3 amide bonds. The van der Waals surface area contributed by atoms with Crippen LogP contribution < -0.4 is 20.4 Å². The first kappa shape index (κ1) is 31.8. The lowest BCUT2D eigenvalue weighted by atomic mass is 9.90. The van der Waals surface area contributed by atoms with E-state index in [0.29, 0.717) is 50.6 Å². The van der Waals surface area contributed by atoms with Crippen molar-refractivity contribution in [3.8, 4) is 0 Å². The smallest absolute Gasteiger partial charge is 0.417 e. The van der Waals surface area contributed by atoms with E-state index in [4.69, 9.17) is 4.42 Å². The van der Waals surface area contributed by atoms with E-state index in [1.807, 2.05) is 35.2 Å². The van der Waals surface area contributed by atoms with Crippen LogP contribution in [0.25, 0.3) is 0 Å². The predicted octanol–water partition coefficient (Wildman–Crippen LogP) is 5.90. The Morgan fingerprint density at radius 2 is 1.57 bits per heavy atom. The number of benzene rings is 2. The van der Waals surface area contributed by atoms with Crippen LogP contribution in [0.4, 0.5) is 39.9 Å². The van der Waals surface area contributed by atoms with Gasteiger partial charge < -0.3 is 29.8 Å². The molecule has 4 aromatic rings. The average Bonchev–Trinajstić information content (AvgIpc) is 3.56. The van der Waals surface area contributed by atoms with Gasteiger partial charge in [-0.25, -0.2) is 14.2 Å². The van der Waals surface area contributed by atoms with Crippen LogP contribution in [0.3, 0.4) is 0 Å². The molecule has 4 heterocycles. The fourth-order valence-corrected chi connectivity index (χ4v) is 5.79. The zero-order valence-corrected chi connectivity index (χ0v) is 25.3. The van der Waals surface area contributed by atoms with Crippen LogP contribution >= 0.6 is 0 Å². The number of alkyl halides is 3. The zero-order chi connectivity index (χ0) is 33.0. The maximum Gasteiger partial charge on any atom is 0.437 e. The van der Waals surface area contributed by atoms with Gasteiger partial charge in [0.1, 0.15) is 11.6 Å². The van der Waals surface area contributed by atoms with E-state index in [0.717, 1.165) is 12.8 Å². The van der Waals surface area contributed by atoms with Gasteiger partial charge in [0.2, 0.25) is 5.76 Å². The molecule has 0 atom stereocenters. The predicted molar refractivity (Wildman–Crippen MR) is 167 cm³/mol. The molecule has 0 aliphatic carbocycles. The van der Waals surface area contributed by atoms with Crippen molar-refractivity contribution in [1.29, 1.82) is 0 Å². The van der Waals surface area contributed by atoms with E-state index in [9.17, 15) is 27.2 Å². The summed E-state index contributed by atoms with van der Waals surface area (Å²) in [4.78, 5) is 38.8. The Bertz CT molecular complexity index is 1680. The van der Waals surface area contributed by atoms with Crippen LogP contribution in [0.15, 0.2) is 77.3 Å². The first-order valence-corrected chi connectivity index (χ1v) is 15.3. The van der Waals surface area contributed by atoms with Crippen molar-refractivity contribution in [3.05, 3.63) is 101 Å². The van der Waals surface area contributed by atoms with Gasteiger partial charge in [-0.05, 0) is 48.1 Å². The first-order valence-electron chi connectivity index (χ1n) is 15.3. The van der Waals surface area contributed by atoms with E-state index in [1.54, 1.807) is 34.1 Å². The Kier molecular flexibility index (Phi) is 9.27. The van der Waals surface area contributed by atoms with E-state index in [2.05, 4.69) is 20.6 Å². The number of oxazole rings is 1. The van der Waals surface area contributed by atoms with E-state index >= 15 is 0 Å². The Labute approximate surface area is 268 Å². The SMILES string of the molecule is O=C(NCc1ccc(N2CCN(C(=O)Nc3ccccc3F)CC2)nc1)c1oc(N2CCC(c3ccccc3)CC2)nc1C(F)(F)F. The molecule has 0 bridgehead atoms. The van der Waals surface area contributed by atoms with Crippen molar-refractivity contribution in [2.24, 2.45) is 0 Å². The molecule has 6 rings (SSSR count). The van der Waals surface area contributed by atoms with E-state index in [-0.39, 0.29) is 24.2 Å². The van der Waals surface area contributed by atoms with Crippen molar-refractivity contribution >= 4 is 29.5 Å². The highest BCUT2D eigenvalue weighted by molar-refractivity contribution is 5.93. The van der Waals surface area contributed by atoms with Crippen LogP contribution in [-0.4, -0.2) is 66.1 Å². The molecular weight excluding hydrogens is 618 g/mol. The Morgan fingerprint density at radius 1 is 0.872 bits per heavy atom. The number of halogens is 4. The highest BCUT2D eigenvalue weighted by atomic mass is 19.4. The molecule has 14 heteroatoms. The second-order valence-electron chi connectivity index (χ2n) is 11.4. The number of carbonyl (C=O) groups excluding carboxylic acids is 2. The fraction of sp³-hybridized carbons (Fsp3) is 0.333. The topological polar surface area (TPSA) is 107 Å². The first-order chi connectivity index (χ1) is 22.7. The number of anilines is 3. The number of amides is 3. The molecule has 2 aliphatic rings. The molecule has 2 saturated heterocycles. The monoisotopic (exact) mass is 651 g/mol.